The summed E-state index contributed by atoms with van der Waals surface area (Å²) < 4.78 is 11.0. The summed E-state index contributed by atoms with van der Waals surface area (Å²) in [6, 6.07) is 13.3. The predicted octanol–water partition coefficient (Wildman–Crippen LogP) is 3.77. The summed E-state index contributed by atoms with van der Waals surface area (Å²) in [5, 5.41) is 0. The van der Waals surface area contributed by atoms with Gasteiger partial charge in [0, 0.05) is 11.1 Å². The Hall–Kier alpha value is -2.88. The van der Waals surface area contributed by atoms with E-state index in [2.05, 4.69) is 0 Å². The van der Waals surface area contributed by atoms with E-state index in [0.717, 1.165) is 30.6 Å². The standard InChI is InChI=1S/C22H20O4/c1-14(21(23)18-10-9-15-6-4-7-16(15)11-18)26-22(24)19-12-17-5-2-3-8-20(17)25-13-19/h2-3,5,8-12,14H,4,6-7,13H2,1H3. The van der Waals surface area contributed by atoms with Crippen LogP contribution in [-0.2, 0) is 22.4 Å². The highest BCUT2D eigenvalue weighted by Crippen LogP contribution is 2.27. The number of rotatable bonds is 4. The number of carbonyl (C=O) groups excluding carboxylic acids is 2. The Balaban J connectivity index is 1.46. The number of carbonyl (C=O) groups is 2. The van der Waals surface area contributed by atoms with Crippen LogP contribution < -0.4 is 4.74 Å². The zero-order chi connectivity index (χ0) is 18.1. The molecule has 0 radical (unpaired) electrons. The fraction of sp³-hybridized carbons (Fsp3) is 0.273. The van der Waals surface area contributed by atoms with E-state index in [-0.39, 0.29) is 12.4 Å². The van der Waals surface area contributed by atoms with Crippen molar-refractivity contribution in [3.63, 3.8) is 0 Å². The monoisotopic (exact) mass is 348 g/mol. The summed E-state index contributed by atoms with van der Waals surface area (Å²) in [5.41, 5.74) is 4.40. The summed E-state index contributed by atoms with van der Waals surface area (Å²) in [6.45, 7) is 1.77. The van der Waals surface area contributed by atoms with Crippen LogP contribution in [0, 0.1) is 0 Å². The second-order valence-corrected chi connectivity index (χ2v) is 6.74. The van der Waals surface area contributed by atoms with E-state index >= 15 is 0 Å². The zero-order valence-electron chi connectivity index (χ0n) is 14.7. The molecule has 2 aromatic carbocycles. The van der Waals surface area contributed by atoms with Gasteiger partial charge in [0.2, 0.25) is 5.78 Å². The molecule has 1 unspecified atom stereocenters. The van der Waals surface area contributed by atoms with Gasteiger partial charge in [-0.15, -0.1) is 0 Å². The first-order valence-corrected chi connectivity index (χ1v) is 8.91. The van der Waals surface area contributed by atoms with Crippen molar-refractivity contribution in [2.75, 3.05) is 6.61 Å². The summed E-state index contributed by atoms with van der Waals surface area (Å²) >= 11 is 0. The van der Waals surface area contributed by atoms with Gasteiger partial charge in [0.05, 0.1) is 5.57 Å². The maximum atomic E-state index is 12.6. The van der Waals surface area contributed by atoms with Crippen molar-refractivity contribution in [2.45, 2.75) is 32.3 Å². The Morgan fingerprint density at radius 1 is 1.08 bits per heavy atom. The molecule has 0 aromatic heterocycles. The maximum Gasteiger partial charge on any atom is 0.338 e. The van der Waals surface area contributed by atoms with Crippen LogP contribution in [0.25, 0.3) is 6.08 Å². The molecule has 0 N–H and O–H groups in total. The highest BCUT2D eigenvalue weighted by atomic mass is 16.5. The lowest BCUT2D eigenvalue weighted by Crippen LogP contribution is -2.27. The van der Waals surface area contributed by atoms with Crippen LogP contribution >= 0.6 is 0 Å². The minimum Gasteiger partial charge on any atom is -0.488 e. The molecule has 1 aliphatic heterocycles. The molecule has 1 aliphatic carbocycles. The number of para-hydroxylation sites is 1. The Bertz CT molecular complexity index is 910. The quantitative estimate of drug-likeness (QED) is 0.623. The predicted molar refractivity (Wildman–Crippen MR) is 98.3 cm³/mol. The van der Waals surface area contributed by atoms with Crippen molar-refractivity contribution in [3.8, 4) is 5.75 Å². The number of hydrogen-bond acceptors (Lipinski definition) is 4. The first kappa shape index (κ1) is 16.6. The van der Waals surface area contributed by atoms with Gasteiger partial charge in [-0.25, -0.2) is 4.79 Å². The highest BCUT2D eigenvalue weighted by molar-refractivity contribution is 6.02. The largest absolute Gasteiger partial charge is 0.488 e. The highest BCUT2D eigenvalue weighted by Gasteiger charge is 2.25. The lowest BCUT2D eigenvalue weighted by molar-refractivity contribution is -0.141. The van der Waals surface area contributed by atoms with Crippen LogP contribution in [0.2, 0.25) is 0 Å². The molecule has 0 amide bonds. The van der Waals surface area contributed by atoms with Crippen molar-refractivity contribution in [1.29, 1.82) is 0 Å². The number of aryl methyl sites for hydroxylation is 2. The Kier molecular flexibility index (Phi) is 4.33. The molecule has 4 nitrogen and oxygen atoms in total. The minimum atomic E-state index is -0.833. The van der Waals surface area contributed by atoms with Crippen LogP contribution in [0.1, 0.15) is 40.4 Å². The van der Waals surface area contributed by atoms with Gasteiger partial charge in [0.15, 0.2) is 6.10 Å². The average Bonchev–Trinajstić information content (AvgIpc) is 3.14. The molecule has 1 heterocycles. The maximum absolute atomic E-state index is 12.6. The number of esters is 1. The smallest absolute Gasteiger partial charge is 0.338 e. The molecule has 26 heavy (non-hydrogen) atoms. The molecule has 0 saturated carbocycles. The Morgan fingerprint density at radius 3 is 2.77 bits per heavy atom. The summed E-state index contributed by atoms with van der Waals surface area (Å²) in [4.78, 5) is 25.1. The molecule has 1 atom stereocenters. The zero-order valence-corrected chi connectivity index (χ0v) is 14.7. The van der Waals surface area contributed by atoms with Gasteiger partial charge in [0.25, 0.3) is 0 Å². The lowest BCUT2D eigenvalue weighted by Gasteiger charge is -2.19. The first-order valence-electron chi connectivity index (χ1n) is 8.91. The lowest BCUT2D eigenvalue weighted by atomic mass is 10.0. The number of Topliss-reactive ketones (excluding diaryl/α,β-unsaturated/α-hetero) is 1. The topological polar surface area (TPSA) is 52.6 Å². The van der Waals surface area contributed by atoms with E-state index in [1.807, 2.05) is 42.5 Å². The van der Waals surface area contributed by atoms with E-state index in [4.69, 9.17) is 9.47 Å². The number of hydrogen-bond donors (Lipinski definition) is 0. The molecule has 0 saturated heterocycles. The molecule has 0 bridgehead atoms. The molecule has 0 fully saturated rings. The van der Waals surface area contributed by atoms with Crippen molar-refractivity contribution >= 4 is 17.8 Å². The van der Waals surface area contributed by atoms with Gasteiger partial charge in [-0.3, -0.25) is 4.79 Å². The Labute approximate surface area is 152 Å². The fourth-order valence-corrected chi connectivity index (χ4v) is 3.48. The van der Waals surface area contributed by atoms with Gasteiger partial charge in [-0.1, -0.05) is 30.3 Å². The summed E-state index contributed by atoms with van der Waals surface area (Å²) in [7, 11) is 0. The number of fused-ring (bicyclic) bond motifs is 2. The third-order valence-corrected chi connectivity index (χ3v) is 4.93. The van der Waals surface area contributed by atoms with Gasteiger partial charge in [0.1, 0.15) is 12.4 Å². The second-order valence-electron chi connectivity index (χ2n) is 6.74. The van der Waals surface area contributed by atoms with Gasteiger partial charge >= 0.3 is 5.97 Å². The molecule has 2 aromatic rings. The van der Waals surface area contributed by atoms with Crippen molar-refractivity contribution in [1.82, 2.24) is 0 Å². The van der Waals surface area contributed by atoms with Crippen LogP contribution in [0.15, 0.2) is 48.0 Å². The van der Waals surface area contributed by atoms with Crippen LogP contribution in [0.3, 0.4) is 0 Å². The normalized spacial score (nSPS) is 16.0. The SMILES string of the molecule is CC(OC(=O)C1=Cc2ccccc2OC1)C(=O)c1ccc2c(c1)CCC2. The average molecular weight is 348 g/mol. The third-order valence-electron chi connectivity index (χ3n) is 4.93. The number of benzene rings is 2. The van der Waals surface area contributed by atoms with Crippen molar-refractivity contribution in [2.24, 2.45) is 0 Å². The van der Waals surface area contributed by atoms with Gasteiger partial charge in [-0.05, 0) is 55.5 Å². The van der Waals surface area contributed by atoms with Gasteiger partial charge < -0.3 is 9.47 Å². The summed E-state index contributed by atoms with van der Waals surface area (Å²) in [5.74, 6) is 0.0543. The van der Waals surface area contributed by atoms with Crippen LogP contribution in [-0.4, -0.2) is 24.5 Å². The number of ketones is 1. The molecule has 2 aliphatic rings. The Morgan fingerprint density at radius 2 is 1.88 bits per heavy atom. The molecular formula is C22H20O4. The van der Waals surface area contributed by atoms with E-state index in [9.17, 15) is 9.59 Å². The molecular weight excluding hydrogens is 328 g/mol. The molecule has 0 spiro atoms. The van der Waals surface area contributed by atoms with E-state index in [1.165, 1.54) is 11.1 Å². The first-order chi connectivity index (χ1) is 12.6. The van der Waals surface area contributed by atoms with Gasteiger partial charge in [-0.2, -0.15) is 0 Å². The summed E-state index contributed by atoms with van der Waals surface area (Å²) in [6.07, 6.45) is 4.14. The number of ether oxygens (including phenoxy) is 2. The van der Waals surface area contributed by atoms with E-state index in [0.29, 0.717) is 11.1 Å². The van der Waals surface area contributed by atoms with E-state index in [1.54, 1.807) is 13.0 Å². The second kappa shape index (κ2) is 6.79. The minimum absolute atomic E-state index is 0.148. The van der Waals surface area contributed by atoms with Crippen LogP contribution in [0.5, 0.6) is 5.75 Å². The third kappa shape index (κ3) is 3.15. The van der Waals surface area contributed by atoms with Crippen LogP contribution in [0.4, 0.5) is 0 Å². The molecule has 132 valence electrons. The molecule has 4 heteroatoms. The van der Waals surface area contributed by atoms with E-state index < -0.39 is 12.1 Å². The van der Waals surface area contributed by atoms with Crippen molar-refractivity contribution in [3.05, 3.63) is 70.3 Å². The fourth-order valence-electron chi connectivity index (χ4n) is 3.48. The molecule has 4 rings (SSSR count). The van der Waals surface area contributed by atoms with Crippen molar-refractivity contribution < 1.29 is 19.1 Å².